The zero-order valence-electron chi connectivity index (χ0n) is 22.4. The Labute approximate surface area is 228 Å². The molecule has 0 saturated carbocycles. The predicted molar refractivity (Wildman–Crippen MR) is 153 cm³/mol. The van der Waals surface area contributed by atoms with Crippen LogP contribution in [0.3, 0.4) is 0 Å². The van der Waals surface area contributed by atoms with Crippen LogP contribution in [0.1, 0.15) is 75.3 Å². The Bertz CT molecular complexity index is 1230. The molecule has 6 heteroatoms. The normalized spacial score (nSPS) is 11.3. The smallest absolute Gasteiger partial charge is 0.296 e. The standard InChI is InChI=1S/C32H39NO4S/c1-27-12-22-32(23-13-27)38(34,35)37-25-11-9-7-5-3-2-4-6-8-10-24-36-31-20-18-30(19-21-31)29-16-14-28(26-33)15-17-29/h12-23H,2-11,24-25H2,1H3. The van der Waals surface area contributed by atoms with E-state index in [2.05, 4.69) is 18.2 Å². The molecule has 0 N–H and O–H groups in total. The lowest BCUT2D eigenvalue weighted by atomic mass is 10.0. The Morgan fingerprint density at radius 2 is 1.11 bits per heavy atom. The summed E-state index contributed by atoms with van der Waals surface area (Å²) in [4.78, 5) is 0.226. The fraction of sp³-hybridized carbons (Fsp3) is 0.406. The van der Waals surface area contributed by atoms with Gasteiger partial charge in [0.2, 0.25) is 0 Å². The van der Waals surface area contributed by atoms with Crippen molar-refractivity contribution in [3.63, 3.8) is 0 Å². The molecule has 0 aliphatic heterocycles. The van der Waals surface area contributed by atoms with Crippen molar-refractivity contribution in [2.45, 2.75) is 76.0 Å². The molecule has 3 rings (SSSR count). The number of benzene rings is 3. The molecule has 5 nitrogen and oxygen atoms in total. The van der Waals surface area contributed by atoms with Crippen LogP contribution >= 0.6 is 0 Å². The number of aryl methyl sites for hydroxylation is 1. The maximum atomic E-state index is 12.2. The lowest BCUT2D eigenvalue weighted by molar-refractivity contribution is 0.303. The van der Waals surface area contributed by atoms with Gasteiger partial charge in [0.25, 0.3) is 10.1 Å². The number of ether oxygens (including phenoxy) is 1. The van der Waals surface area contributed by atoms with E-state index in [1.807, 2.05) is 43.3 Å². The van der Waals surface area contributed by atoms with Crippen LogP contribution in [0.4, 0.5) is 0 Å². The highest BCUT2D eigenvalue weighted by Gasteiger charge is 2.14. The van der Waals surface area contributed by atoms with E-state index in [9.17, 15) is 8.42 Å². The maximum Gasteiger partial charge on any atom is 0.296 e. The molecule has 0 unspecified atom stereocenters. The average molecular weight is 534 g/mol. The molecule has 0 atom stereocenters. The monoisotopic (exact) mass is 533 g/mol. The third kappa shape index (κ3) is 10.3. The van der Waals surface area contributed by atoms with Gasteiger partial charge in [-0.15, -0.1) is 0 Å². The summed E-state index contributed by atoms with van der Waals surface area (Å²) in [6, 6.07) is 24.6. The summed E-state index contributed by atoms with van der Waals surface area (Å²) in [5.41, 5.74) is 3.90. The molecular weight excluding hydrogens is 494 g/mol. The van der Waals surface area contributed by atoms with E-state index in [0.717, 1.165) is 54.7 Å². The largest absolute Gasteiger partial charge is 0.494 e. The van der Waals surface area contributed by atoms with Gasteiger partial charge in [0.1, 0.15) is 5.75 Å². The summed E-state index contributed by atoms with van der Waals surface area (Å²) in [6.07, 6.45) is 11.2. The number of unbranched alkanes of at least 4 members (excludes halogenated alkanes) is 9. The van der Waals surface area contributed by atoms with E-state index in [1.165, 1.54) is 38.5 Å². The molecule has 3 aromatic carbocycles. The van der Waals surface area contributed by atoms with Crippen molar-refractivity contribution in [3.8, 4) is 22.9 Å². The molecule has 3 aromatic rings. The van der Waals surface area contributed by atoms with Crippen molar-refractivity contribution in [2.75, 3.05) is 13.2 Å². The third-order valence-corrected chi connectivity index (χ3v) is 7.88. The van der Waals surface area contributed by atoms with Gasteiger partial charge in [-0.3, -0.25) is 4.18 Å². The van der Waals surface area contributed by atoms with Crippen LogP contribution in [-0.4, -0.2) is 21.6 Å². The highest BCUT2D eigenvalue weighted by Crippen LogP contribution is 2.23. The van der Waals surface area contributed by atoms with Gasteiger partial charge < -0.3 is 4.74 Å². The minimum absolute atomic E-state index is 0.226. The zero-order valence-corrected chi connectivity index (χ0v) is 23.2. The Morgan fingerprint density at radius 1 is 0.632 bits per heavy atom. The van der Waals surface area contributed by atoms with E-state index in [1.54, 1.807) is 24.3 Å². The van der Waals surface area contributed by atoms with Crippen molar-refractivity contribution < 1.29 is 17.3 Å². The Balaban J connectivity index is 1.14. The first kappa shape index (κ1) is 29.4. The SMILES string of the molecule is Cc1ccc(S(=O)(=O)OCCCCCCCCCCCCOc2ccc(-c3ccc(C#N)cc3)cc2)cc1. The van der Waals surface area contributed by atoms with E-state index in [0.29, 0.717) is 5.56 Å². The second kappa shape index (κ2) is 16.0. The van der Waals surface area contributed by atoms with E-state index >= 15 is 0 Å². The van der Waals surface area contributed by atoms with Crippen LogP contribution in [0.15, 0.2) is 77.7 Å². The summed E-state index contributed by atoms with van der Waals surface area (Å²) < 4.78 is 35.4. The van der Waals surface area contributed by atoms with Gasteiger partial charge in [-0.2, -0.15) is 13.7 Å². The van der Waals surface area contributed by atoms with E-state index in [-0.39, 0.29) is 11.5 Å². The van der Waals surface area contributed by atoms with Gasteiger partial charge >= 0.3 is 0 Å². The number of nitriles is 1. The quantitative estimate of drug-likeness (QED) is 0.129. The Kier molecular flexibility index (Phi) is 12.4. The molecule has 202 valence electrons. The van der Waals surface area contributed by atoms with Gasteiger partial charge in [0.15, 0.2) is 0 Å². The summed E-state index contributed by atoms with van der Waals surface area (Å²) in [5, 5.41) is 8.92. The summed E-state index contributed by atoms with van der Waals surface area (Å²) >= 11 is 0. The van der Waals surface area contributed by atoms with Gasteiger partial charge in [-0.05, 0) is 67.3 Å². The topological polar surface area (TPSA) is 76.4 Å². The lowest BCUT2D eigenvalue weighted by Crippen LogP contribution is -2.07. The van der Waals surface area contributed by atoms with Crippen LogP contribution in [0, 0.1) is 18.3 Å². The predicted octanol–water partition coefficient (Wildman–Crippen LogP) is 8.22. The minimum atomic E-state index is -3.64. The van der Waals surface area contributed by atoms with Crippen molar-refractivity contribution in [1.82, 2.24) is 0 Å². The fourth-order valence-electron chi connectivity index (χ4n) is 4.23. The van der Waals surface area contributed by atoms with Gasteiger partial charge in [-0.1, -0.05) is 93.3 Å². The molecule has 0 bridgehead atoms. The highest BCUT2D eigenvalue weighted by molar-refractivity contribution is 7.86. The average Bonchev–Trinajstić information content (AvgIpc) is 2.94. The molecule has 0 heterocycles. The van der Waals surface area contributed by atoms with Crippen LogP contribution in [0.25, 0.3) is 11.1 Å². The highest BCUT2D eigenvalue weighted by atomic mass is 32.2. The second-order valence-electron chi connectivity index (χ2n) is 9.69. The molecule has 0 saturated heterocycles. The first-order valence-electron chi connectivity index (χ1n) is 13.7. The Hall–Kier alpha value is -3.14. The third-order valence-electron chi connectivity index (χ3n) is 6.56. The van der Waals surface area contributed by atoms with Gasteiger partial charge in [0, 0.05) is 0 Å². The molecule has 0 aliphatic carbocycles. The Morgan fingerprint density at radius 3 is 1.63 bits per heavy atom. The molecule has 0 aromatic heterocycles. The lowest BCUT2D eigenvalue weighted by Gasteiger charge is -2.08. The number of hydrogen-bond donors (Lipinski definition) is 0. The number of nitrogens with zero attached hydrogens (tertiary/aromatic N) is 1. The minimum Gasteiger partial charge on any atom is -0.494 e. The van der Waals surface area contributed by atoms with Crippen LogP contribution in [-0.2, 0) is 14.3 Å². The first-order chi connectivity index (χ1) is 18.5. The van der Waals surface area contributed by atoms with E-state index < -0.39 is 10.1 Å². The van der Waals surface area contributed by atoms with Gasteiger partial charge in [-0.25, -0.2) is 0 Å². The zero-order chi connectivity index (χ0) is 27.1. The fourth-order valence-corrected chi connectivity index (χ4v) is 5.17. The van der Waals surface area contributed by atoms with Crippen LogP contribution in [0.5, 0.6) is 5.75 Å². The van der Waals surface area contributed by atoms with Crippen molar-refractivity contribution in [2.24, 2.45) is 0 Å². The molecular formula is C32H39NO4S. The molecule has 38 heavy (non-hydrogen) atoms. The van der Waals surface area contributed by atoms with Crippen molar-refractivity contribution in [1.29, 1.82) is 5.26 Å². The molecule has 0 fully saturated rings. The summed E-state index contributed by atoms with van der Waals surface area (Å²) in [6.45, 7) is 2.91. The van der Waals surface area contributed by atoms with Crippen molar-refractivity contribution >= 4 is 10.1 Å². The first-order valence-corrected chi connectivity index (χ1v) is 15.1. The molecule has 0 amide bonds. The number of hydrogen-bond acceptors (Lipinski definition) is 5. The molecule has 0 spiro atoms. The second-order valence-corrected chi connectivity index (χ2v) is 11.3. The van der Waals surface area contributed by atoms with Crippen molar-refractivity contribution in [3.05, 3.63) is 83.9 Å². The molecule has 0 aliphatic rings. The number of rotatable bonds is 17. The van der Waals surface area contributed by atoms with E-state index in [4.69, 9.17) is 14.2 Å². The van der Waals surface area contributed by atoms with Crippen LogP contribution < -0.4 is 4.74 Å². The summed E-state index contributed by atoms with van der Waals surface area (Å²) in [7, 11) is -3.64. The molecule has 0 radical (unpaired) electrons. The maximum absolute atomic E-state index is 12.2. The van der Waals surface area contributed by atoms with Crippen LogP contribution in [0.2, 0.25) is 0 Å². The van der Waals surface area contributed by atoms with Gasteiger partial charge in [0.05, 0.1) is 29.7 Å². The summed E-state index contributed by atoms with van der Waals surface area (Å²) in [5.74, 6) is 0.889.